The van der Waals surface area contributed by atoms with Crippen molar-refractivity contribution in [3.8, 4) is 0 Å². The lowest BCUT2D eigenvalue weighted by Crippen LogP contribution is -2.18. The van der Waals surface area contributed by atoms with Crippen LogP contribution in [0.25, 0.3) is 0 Å². The molecule has 1 aromatic heterocycles. The number of thiophene rings is 1. The van der Waals surface area contributed by atoms with Crippen molar-refractivity contribution in [3.63, 3.8) is 0 Å². The lowest BCUT2D eigenvalue weighted by Gasteiger charge is -2.00. The highest BCUT2D eigenvalue weighted by Crippen LogP contribution is 2.22. The molecule has 0 fully saturated rings. The summed E-state index contributed by atoms with van der Waals surface area (Å²) in [5.74, 6) is -1.34. The predicted molar refractivity (Wildman–Crippen MR) is 72.4 cm³/mol. The molecule has 0 unspecified atom stereocenters. The summed E-state index contributed by atoms with van der Waals surface area (Å²) in [7, 11) is 0. The number of carbonyl (C=O) groups is 1. The highest BCUT2D eigenvalue weighted by molar-refractivity contribution is 7.16. The Labute approximate surface area is 116 Å². The number of amides is 1. The van der Waals surface area contributed by atoms with Gasteiger partial charge >= 0.3 is 5.00 Å². The van der Waals surface area contributed by atoms with Crippen molar-refractivity contribution in [2.75, 3.05) is 0 Å². The highest BCUT2D eigenvalue weighted by atomic mass is 32.1. The first-order chi connectivity index (χ1) is 9.58. The van der Waals surface area contributed by atoms with Crippen LogP contribution in [0.15, 0.2) is 41.5 Å². The molecule has 0 spiro atoms. The number of nitro groups is 1. The summed E-state index contributed by atoms with van der Waals surface area (Å²) in [5.41, 5.74) is 2.03. The van der Waals surface area contributed by atoms with E-state index >= 15 is 0 Å². The Morgan fingerprint density at radius 3 is 2.75 bits per heavy atom. The highest BCUT2D eigenvalue weighted by Gasteiger charge is 2.10. The average Bonchev–Trinajstić information content (AvgIpc) is 2.88. The minimum absolute atomic E-state index is 0.0214. The van der Waals surface area contributed by atoms with Gasteiger partial charge < -0.3 is 0 Å². The van der Waals surface area contributed by atoms with Crippen molar-refractivity contribution in [2.45, 2.75) is 0 Å². The molecule has 0 radical (unpaired) electrons. The number of hydrazone groups is 1. The zero-order valence-electron chi connectivity index (χ0n) is 9.95. The van der Waals surface area contributed by atoms with Crippen LogP contribution in [0.2, 0.25) is 0 Å². The van der Waals surface area contributed by atoms with Crippen molar-refractivity contribution in [3.05, 3.63) is 62.8 Å². The number of nitrogens with one attached hydrogen (secondary N) is 1. The number of benzene rings is 1. The molecule has 0 saturated heterocycles. The lowest BCUT2D eigenvalue weighted by molar-refractivity contribution is -0.380. The molecule has 0 aliphatic heterocycles. The molecule has 0 bridgehead atoms. The first-order valence-corrected chi connectivity index (χ1v) is 6.22. The fourth-order valence-corrected chi connectivity index (χ4v) is 2.06. The molecule has 0 aliphatic rings. The molecule has 0 atom stereocenters. The predicted octanol–water partition coefficient (Wildman–Crippen LogP) is 2.56. The minimum Gasteiger partial charge on any atom is -0.267 e. The molecule has 2 aromatic rings. The summed E-state index contributed by atoms with van der Waals surface area (Å²) in [4.78, 5) is 22.1. The summed E-state index contributed by atoms with van der Waals surface area (Å²) in [6, 6.07) is 8.34. The number of hydrogen-bond donors (Lipinski definition) is 1. The Bertz CT molecular complexity index is 684. The summed E-state index contributed by atoms with van der Waals surface area (Å²) in [6.45, 7) is 0. The van der Waals surface area contributed by atoms with Gasteiger partial charge in [0.05, 0.1) is 21.6 Å². The van der Waals surface area contributed by atoms with Gasteiger partial charge in [0.1, 0.15) is 5.82 Å². The van der Waals surface area contributed by atoms with E-state index < -0.39 is 16.6 Å². The second-order valence-electron chi connectivity index (χ2n) is 3.61. The zero-order chi connectivity index (χ0) is 14.5. The maximum atomic E-state index is 13.3. The molecule has 1 heterocycles. The summed E-state index contributed by atoms with van der Waals surface area (Å²) >= 11 is 0.918. The van der Waals surface area contributed by atoms with Crippen molar-refractivity contribution < 1.29 is 14.1 Å². The smallest absolute Gasteiger partial charge is 0.267 e. The molecule has 20 heavy (non-hydrogen) atoms. The lowest BCUT2D eigenvalue weighted by atomic mass is 10.2. The van der Waals surface area contributed by atoms with Crippen LogP contribution < -0.4 is 5.43 Å². The van der Waals surface area contributed by atoms with E-state index in [4.69, 9.17) is 0 Å². The van der Waals surface area contributed by atoms with E-state index in [2.05, 4.69) is 10.5 Å². The van der Waals surface area contributed by atoms with E-state index in [-0.39, 0.29) is 10.6 Å². The van der Waals surface area contributed by atoms with Crippen LogP contribution in [0.3, 0.4) is 0 Å². The molecule has 1 N–H and O–H groups in total. The SMILES string of the molecule is O=C(N/N=C/c1ccc([N+](=O)[O-])s1)c1ccccc1F. The molecule has 1 amide bonds. The first kappa shape index (κ1) is 13.8. The van der Waals surface area contributed by atoms with Gasteiger partial charge in [-0.05, 0) is 18.2 Å². The molecule has 102 valence electrons. The zero-order valence-corrected chi connectivity index (χ0v) is 10.8. The van der Waals surface area contributed by atoms with E-state index in [1.165, 1.54) is 42.6 Å². The van der Waals surface area contributed by atoms with Gasteiger partial charge in [0.25, 0.3) is 5.91 Å². The normalized spacial score (nSPS) is 10.7. The Morgan fingerprint density at radius 2 is 2.10 bits per heavy atom. The second kappa shape index (κ2) is 6.02. The van der Waals surface area contributed by atoms with Gasteiger partial charge in [-0.2, -0.15) is 5.10 Å². The maximum Gasteiger partial charge on any atom is 0.324 e. The molecule has 2 rings (SSSR count). The quantitative estimate of drug-likeness (QED) is 0.534. The molecular formula is C12H8FN3O3S. The Balaban J connectivity index is 2.01. The fraction of sp³-hybridized carbons (Fsp3) is 0. The number of rotatable bonds is 4. The third-order valence-electron chi connectivity index (χ3n) is 2.27. The van der Waals surface area contributed by atoms with Gasteiger partial charge in [0.2, 0.25) is 0 Å². The van der Waals surface area contributed by atoms with Crippen molar-refractivity contribution in [1.29, 1.82) is 0 Å². The van der Waals surface area contributed by atoms with E-state index in [1.54, 1.807) is 0 Å². The molecule has 0 aliphatic carbocycles. The number of carbonyl (C=O) groups excluding carboxylic acids is 1. The van der Waals surface area contributed by atoms with Crippen molar-refractivity contribution in [1.82, 2.24) is 5.43 Å². The Kier molecular flexibility index (Phi) is 4.16. The van der Waals surface area contributed by atoms with E-state index in [9.17, 15) is 19.3 Å². The van der Waals surface area contributed by atoms with E-state index in [0.717, 1.165) is 11.3 Å². The standard InChI is InChI=1S/C12H8FN3O3S/c13-10-4-2-1-3-9(10)12(17)15-14-7-8-5-6-11(20-8)16(18)19/h1-7H,(H,15,17)/b14-7+. The molecule has 1 aromatic carbocycles. The van der Waals surface area contributed by atoms with E-state index in [0.29, 0.717) is 4.88 Å². The summed E-state index contributed by atoms with van der Waals surface area (Å²) in [5, 5.41) is 14.1. The summed E-state index contributed by atoms with van der Waals surface area (Å²) < 4.78 is 13.3. The minimum atomic E-state index is -0.689. The van der Waals surface area contributed by atoms with Crippen molar-refractivity contribution >= 4 is 28.5 Å². The van der Waals surface area contributed by atoms with Crippen LogP contribution in [-0.2, 0) is 0 Å². The van der Waals surface area contributed by atoms with Gasteiger partial charge in [-0.3, -0.25) is 14.9 Å². The van der Waals surface area contributed by atoms with E-state index in [1.807, 2.05) is 0 Å². The molecule has 8 heteroatoms. The van der Waals surface area contributed by atoms with Crippen molar-refractivity contribution in [2.24, 2.45) is 5.10 Å². The number of nitrogens with zero attached hydrogens (tertiary/aromatic N) is 2. The van der Waals surface area contributed by atoms with Gasteiger partial charge in [-0.25, -0.2) is 9.82 Å². The van der Waals surface area contributed by atoms with Gasteiger partial charge in [-0.1, -0.05) is 23.5 Å². The molecular weight excluding hydrogens is 285 g/mol. The average molecular weight is 293 g/mol. The van der Waals surface area contributed by atoms with Crippen LogP contribution in [0.1, 0.15) is 15.2 Å². The molecule has 6 nitrogen and oxygen atoms in total. The second-order valence-corrected chi connectivity index (χ2v) is 4.71. The Morgan fingerprint density at radius 1 is 1.35 bits per heavy atom. The Hall–Kier alpha value is -2.61. The molecule has 0 saturated carbocycles. The topological polar surface area (TPSA) is 84.6 Å². The van der Waals surface area contributed by atoms with Crippen LogP contribution in [-0.4, -0.2) is 17.0 Å². The first-order valence-electron chi connectivity index (χ1n) is 5.40. The monoisotopic (exact) mass is 293 g/mol. The van der Waals surface area contributed by atoms with Gasteiger partial charge in [-0.15, -0.1) is 0 Å². The fourth-order valence-electron chi connectivity index (χ4n) is 1.37. The number of hydrogen-bond acceptors (Lipinski definition) is 5. The van der Waals surface area contributed by atoms with Gasteiger partial charge in [0.15, 0.2) is 0 Å². The summed E-state index contributed by atoms with van der Waals surface area (Å²) in [6.07, 6.45) is 1.26. The third-order valence-corrected chi connectivity index (χ3v) is 3.24. The van der Waals surface area contributed by atoms with Crippen LogP contribution in [0.5, 0.6) is 0 Å². The van der Waals surface area contributed by atoms with Crippen LogP contribution >= 0.6 is 11.3 Å². The van der Waals surface area contributed by atoms with Gasteiger partial charge in [0, 0.05) is 6.07 Å². The van der Waals surface area contributed by atoms with Crippen LogP contribution in [0.4, 0.5) is 9.39 Å². The number of halogens is 1. The largest absolute Gasteiger partial charge is 0.324 e. The maximum absolute atomic E-state index is 13.3. The van der Waals surface area contributed by atoms with Crippen LogP contribution in [0, 0.1) is 15.9 Å². The third kappa shape index (κ3) is 3.23.